The van der Waals surface area contributed by atoms with E-state index in [-0.39, 0.29) is 18.2 Å². The number of alkyl halides is 3. The van der Waals surface area contributed by atoms with E-state index in [0.717, 1.165) is 28.8 Å². The number of rotatable bonds is 12. The lowest BCUT2D eigenvalue weighted by atomic mass is 9.99. The summed E-state index contributed by atoms with van der Waals surface area (Å²) in [6.45, 7) is 12.9. The van der Waals surface area contributed by atoms with Gasteiger partial charge in [-0.15, -0.1) is 0 Å². The van der Waals surface area contributed by atoms with Crippen LogP contribution in [0.4, 0.5) is 23.7 Å². The Morgan fingerprint density at radius 3 is 2.26 bits per heavy atom. The minimum atomic E-state index is -4.75. The van der Waals surface area contributed by atoms with Crippen LogP contribution in [0.3, 0.4) is 0 Å². The third-order valence-corrected chi connectivity index (χ3v) is 6.34. The number of benzene rings is 2. The zero-order valence-corrected chi connectivity index (χ0v) is 25.7. The summed E-state index contributed by atoms with van der Waals surface area (Å²) in [5.74, 6) is -1.52. The van der Waals surface area contributed by atoms with Crippen LogP contribution in [0.1, 0.15) is 73.7 Å². The summed E-state index contributed by atoms with van der Waals surface area (Å²) >= 11 is 0. The molecule has 2 aromatic carbocycles. The average molecular weight is 609 g/mol. The number of halogens is 3. The Morgan fingerprint density at radius 2 is 1.67 bits per heavy atom. The molecule has 0 fully saturated rings. The molecule has 12 heteroatoms. The van der Waals surface area contributed by atoms with Crippen molar-refractivity contribution in [3.8, 4) is 0 Å². The summed E-state index contributed by atoms with van der Waals surface area (Å²) < 4.78 is 45.3. The minimum Gasteiger partial charge on any atom is -0.444 e. The second-order valence-electron chi connectivity index (χ2n) is 12.0. The van der Waals surface area contributed by atoms with E-state index in [1.54, 1.807) is 20.8 Å². The molecule has 238 valence electrons. The third kappa shape index (κ3) is 12.2. The van der Waals surface area contributed by atoms with Gasteiger partial charge in [-0.05, 0) is 76.3 Å². The number of aliphatic hydroxyl groups is 1. The molecular formula is C31H43F3N4O5. The van der Waals surface area contributed by atoms with Gasteiger partial charge in [0.15, 0.2) is 0 Å². The SMILES string of the molecule is Cc1ccc(CNC[C@H](NC(=O)CNC(=O)c2cc(C(F)(F)F)ccc2NC(=O)OC(C)(C)C)[C@H](O)CC(C)C)c(C)c1. The molecule has 0 radical (unpaired) electrons. The van der Waals surface area contributed by atoms with Gasteiger partial charge in [-0.25, -0.2) is 4.79 Å². The predicted octanol–water partition coefficient (Wildman–Crippen LogP) is 5.08. The summed E-state index contributed by atoms with van der Waals surface area (Å²) in [5.41, 5.74) is 0.594. The molecule has 0 saturated heterocycles. The summed E-state index contributed by atoms with van der Waals surface area (Å²) in [5, 5.41) is 21.3. The molecule has 0 saturated carbocycles. The average Bonchev–Trinajstić information content (AvgIpc) is 2.85. The first-order chi connectivity index (χ1) is 19.9. The summed E-state index contributed by atoms with van der Waals surface area (Å²) in [4.78, 5) is 38.0. The van der Waals surface area contributed by atoms with Gasteiger partial charge < -0.3 is 25.8 Å². The van der Waals surface area contributed by atoms with Crippen molar-refractivity contribution >= 4 is 23.6 Å². The number of anilines is 1. The Morgan fingerprint density at radius 1 is 1.00 bits per heavy atom. The molecular weight excluding hydrogens is 565 g/mol. The van der Waals surface area contributed by atoms with Crippen LogP contribution in [-0.2, 0) is 22.3 Å². The number of aryl methyl sites for hydroxylation is 2. The molecule has 0 spiro atoms. The lowest BCUT2D eigenvalue weighted by molar-refractivity contribution is -0.137. The van der Waals surface area contributed by atoms with Crippen LogP contribution in [0.2, 0.25) is 0 Å². The first-order valence-electron chi connectivity index (χ1n) is 14.1. The highest BCUT2D eigenvalue weighted by molar-refractivity contribution is 6.04. The van der Waals surface area contributed by atoms with E-state index >= 15 is 0 Å². The molecule has 43 heavy (non-hydrogen) atoms. The molecule has 0 unspecified atom stereocenters. The molecule has 0 aliphatic carbocycles. The van der Waals surface area contributed by atoms with E-state index in [1.807, 2.05) is 39.8 Å². The lowest BCUT2D eigenvalue weighted by Crippen LogP contribution is -2.52. The Labute approximate surface area is 251 Å². The van der Waals surface area contributed by atoms with Crippen LogP contribution in [0.5, 0.6) is 0 Å². The highest BCUT2D eigenvalue weighted by Crippen LogP contribution is 2.32. The maximum absolute atomic E-state index is 13.4. The number of hydrogen-bond donors (Lipinski definition) is 5. The second kappa shape index (κ2) is 15.2. The first-order valence-corrected chi connectivity index (χ1v) is 14.1. The number of carbonyl (C=O) groups is 3. The molecule has 0 aliphatic heterocycles. The van der Waals surface area contributed by atoms with E-state index < -0.39 is 59.5 Å². The van der Waals surface area contributed by atoms with Crippen molar-refractivity contribution in [1.82, 2.24) is 16.0 Å². The van der Waals surface area contributed by atoms with E-state index in [4.69, 9.17) is 4.74 Å². The van der Waals surface area contributed by atoms with Gasteiger partial charge in [0.1, 0.15) is 5.60 Å². The van der Waals surface area contributed by atoms with Crippen molar-refractivity contribution in [2.75, 3.05) is 18.4 Å². The maximum atomic E-state index is 13.4. The van der Waals surface area contributed by atoms with Gasteiger partial charge in [-0.3, -0.25) is 14.9 Å². The molecule has 3 amide bonds. The molecule has 0 aliphatic rings. The number of ether oxygens (including phenoxy) is 1. The van der Waals surface area contributed by atoms with Crippen molar-refractivity contribution in [2.24, 2.45) is 5.92 Å². The largest absolute Gasteiger partial charge is 0.444 e. The lowest BCUT2D eigenvalue weighted by Gasteiger charge is -2.26. The van der Waals surface area contributed by atoms with E-state index in [0.29, 0.717) is 19.0 Å². The van der Waals surface area contributed by atoms with Gasteiger partial charge in [0.05, 0.1) is 35.5 Å². The number of aliphatic hydroxyl groups excluding tert-OH is 1. The highest BCUT2D eigenvalue weighted by atomic mass is 19.4. The zero-order chi connectivity index (χ0) is 32.5. The predicted molar refractivity (Wildman–Crippen MR) is 159 cm³/mol. The maximum Gasteiger partial charge on any atom is 0.416 e. The molecule has 2 rings (SSSR count). The monoisotopic (exact) mass is 608 g/mol. The Hall–Kier alpha value is -3.64. The van der Waals surface area contributed by atoms with E-state index in [2.05, 4.69) is 27.3 Å². The smallest absolute Gasteiger partial charge is 0.416 e. The zero-order valence-electron chi connectivity index (χ0n) is 25.7. The molecule has 2 atom stereocenters. The second-order valence-corrected chi connectivity index (χ2v) is 12.0. The first kappa shape index (κ1) is 35.6. The van der Waals surface area contributed by atoms with E-state index in [1.165, 1.54) is 0 Å². The van der Waals surface area contributed by atoms with Crippen LogP contribution in [-0.4, -0.2) is 53.9 Å². The van der Waals surface area contributed by atoms with Crippen LogP contribution in [0.25, 0.3) is 0 Å². The van der Waals surface area contributed by atoms with Crippen molar-refractivity contribution in [1.29, 1.82) is 0 Å². The number of hydrogen-bond acceptors (Lipinski definition) is 6. The van der Waals surface area contributed by atoms with Gasteiger partial charge >= 0.3 is 12.3 Å². The minimum absolute atomic E-state index is 0.144. The van der Waals surface area contributed by atoms with Crippen LogP contribution >= 0.6 is 0 Å². The fourth-order valence-corrected chi connectivity index (χ4v) is 4.28. The van der Waals surface area contributed by atoms with Gasteiger partial charge in [0.2, 0.25) is 5.91 Å². The summed E-state index contributed by atoms with van der Waals surface area (Å²) in [6, 6.07) is 7.63. The molecule has 5 N–H and O–H groups in total. The fraction of sp³-hybridized carbons (Fsp3) is 0.516. The third-order valence-electron chi connectivity index (χ3n) is 6.34. The van der Waals surface area contributed by atoms with Gasteiger partial charge in [0, 0.05) is 13.1 Å². The molecule has 0 aromatic heterocycles. The van der Waals surface area contributed by atoms with Crippen LogP contribution in [0.15, 0.2) is 36.4 Å². The van der Waals surface area contributed by atoms with Gasteiger partial charge in [-0.1, -0.05) is 37.6 Å². The van der Waals surface area contributed by atoms with Crippen molar-refractivity contribution in [3.63, 3.8) is 0 Å². The van der Waals surface area contributed by atoms with Crippen molar-refractivity contribution in [2.45, 2.75) is 85.4 Å². The summed E-state index contributed by atoms with van der Waals surface area (Å²) in [6.07, 6.45) is -6.19. The molecule has 0 heterocycles. The number of carbonyl (C=O) groups excluding carboxylic acids is 3. The Balaban J connectivity index is 2.12. The normalized spacial score (nSPS) is 13.3. The molecule has 2 aromatic rings. The molecule has 0 bridgehead atoms. The van der Waals surface area contributed by atoms with Crippen molar-refractivity contribution < 1.29 is 37.4 Å². The number of amides is 3. The number of nitrogens with one attached hydrogen (secondary N) is 4. The Bertz CT molecular complexity index is 1280. The van der Waals surface area contributed by atoms with Crippen LogP contribution < -0.4 is 21.3 Å². The van der Waals surface area contributed by atoms with Crippen LogP contribution in [0, 0.1) is 19.8 Å². The highest BCUT2D eigenvalue weighted by Gasteiger charge is 2.32. The fourth-order valence-electron chi connectivity index (χ4n) is 4.28. The van der Waals surface area contributed by atoms with Gasteiger partial charge in [-0.2, -0.15) is 13.2 Å². The standard InChI is InChI=1S/C31H43F3N4O5/c1-18(2)12-26(39)25(16-35-15-21-9-8-19(3)13-20(21)4)37-27(40)17-36-28(41)23-14-22(31(32,33)34)10-11-24(23)38-29(42)43-30(5,6)7/h8-11,13-14,18,25-26,35,39H,12,15-17H2,1-7H3,(H,36,41)(H,37,40)(H,38,42)/t25-,26+/m0/s1. The topological polar surface area (TPSA) is 129 Å². The van der Waals surface area contributed by atoms with Gasteiger partial charge in [0.25, 0.3) is 5.91 Å². The van der Waals surface area contributed by atoms with Crippen molar-refractivity contribution in [3.05, 3.63) is 64.2 Å². The quantitative estimate of drug-likeness (QED) is 0.229. The van der Waals surface area contributed by atoms with E-state index in [9.17, 15) is 32.7 Å². The molecule has 9 nitrogen and oxygen atoms in total. The Kier molecular flexibility index (Phi) is 12.6. The summed E-state index contributed by atoms with van der Waals surface area (Å²) in [7, 11) is 0.